The van der Waals surface area contributed by atoms with Gasteiger partial charge < -0.3 is 21.5 Å². The lowest BCUT2D eigenvalue weighted by atomic mass is 10.0. The van der Waals surface area contributed by atoms with Gasteiger partial charge in [0.05, 0.1) is 12.1 Å². The van der Waals surface area contributed by atoms with Crippen LogP contribution in [-0.2, 0) is 11.2 Å². The van der Waals surface area contributed by atoms with Gasteiger partial charge in [-0.15, -0.1) is 6.58 Å². The van der Waals surface area contributed by atoms with E-state index in [4.69, 9.17) is 11.5 Å². The molecule has 160 valence electrons. The molecule has 1 aromatic carbocycles. The molecule has 1 aliphatic heterocycles. The molecule has 1 amide bonds. The second kappa shape index (κ2) is 9.88. The third-order valence-corrected chi connectivity index (χ3v) is 5.57. The monoisotopic (exact) mass is 429 g/mol. The van der Waals surface area contributed by atoms with Crippen molar-refractivity contribution in [1.82, 2.24) is 15.0 Å². The number of nitrogen functional groups attached to an aromatic ring is 1. The van der Waals surface area contributed by atoms with E-state index in [2.05, 4.69) is 43.9 Å². The number of anilines is 3. The van der Waals surface area contributed by atoms with E-state index in [9.17, 15) is 9.90 Å². The first-order valence-corrected chi connectivity index (χ1v) is 10.6. The zero-order valence-electron chi connectivity index (χ0n) is 16.9. The Morgan fingerprint density at radius 3 is 2.80 bits per heavy atom. The smallest absolute Gasteiger partial charge is 0.243 e. The van der Waals surface area contributed by atoms with Crippen LogP contribution < -0.4 is 21.7 Å². The second-order valence-electron chi connectivity index (χ2n) is 7.18. The number of rotatable bonds is 7. The number of aliphatic hydroxyl groups excluding tert-OH is 1. The Kier molecular flexibility index (Phi) is 7.24. The van der Waals surface area contributed by atoms with Crippen molar-refractivity contribution in [3.05, 3.63) is 36.4 Å². The van der Waals surface area contributed by atoms with E-state index in [1.165, 1.54) is 11.8 Å². The van der Waals surface area contributed by atoms with Crippen molar-refractivity contribution in [3.63, 3.8) is 0 Å². The number of benzene rings is 1. The molecule has 1 fully saturated rings. The van der Waals surface area contributed by atoms with Gasteiger partial charge in [0.2, 0.25) is 17.8 Å². The molecule has 9 nitrogen and oxygen atoms in total. The minimum Gasteiger partial charge on any atom is -0.393 e. The minimum absolute atomic E-state index is 0.0160. The fourth-order valence-electron chi connectivity index (χ4n) is 3.16. The Balaban J connectivity index is 1.81. The third kappa shape index (κ3) is 5.68. The number of aromatic nitrogens is 3. The van der Waals surface area contributed by atoms with Crippen LogP contribution in [0.4, 0.5) is 17.6 Å². The molecule has 0 radical (unpaired) electrons. The summed E-state index contributed by atoms with van der Waals surface area (Å²) in [6.07, 6.45) is 3.91. The van der Waals surface area contributed by atoms with Crippen molar-refractivity contribution in [3.8, 4) is 0 Å². The zero-order valence-corrected chi connectivity index (χ0v) is 17.7. The van der Waals surface area contributed by atoms with Gasteiger partial charge in [-0.05, 0) is 61.7 Å². The Morgan fingerprint density at radius 2 is 2.13 bits per heavy atom. The molecule has 1 aromatic heterocycles. The Bertz CT molecular complexity index is 914. The van der Waals surface area contributed by atoms with Crippen LogP contribution in [0.2, 0.25) is 0 Å². The van der Waals surface area contributed by atoms with Crippen molar-refractivity contribution in [2.24, 2.45) is 5.73 Å². The molecule has 6 N–H and O–H groups in total. The van der Waals surface area contributed by atoms with Crippen LogP contribution in [0.1, 0.15) is 25.3 Å². The molecule has 1 aliphatic rings. The van der Waals surface area contributed by atoms with Gasteiger partial charge in [0.25, 0.3) is 0 Å². The van der Waals surface area contributed by atoms with Gasteiger partial charge in [-0.2, -0.15) is 15.0 Å². The van der Waals surface area contributed by atoms with Crippen molar-refractivity contribution >= 4 is 35.3 Å². The lowest BCUT2D eigenvalue weighted by molar-refractivity contribution is -0.117. The first kappa shape index (κ1) is 22.0. The van der Waals surface area contributed by atoms with Crippen molar-refractivity contribution in [2.75, 3.05) is 29.0 Å². The summed E-state index contributed by atoms with van der Waals surface area (Å²) in [5.74, 6) is -0.315. The van der Waals surface area contributed by atoms with Gasteiger partial charge in [-0.3, -0.25) is 10.1 Å². The number of nitrogens with zero attached hydrogens (tertiary/aromatic N) is 4. The van der Waals surface area contributed by atoms with E-state index in [1.807, 2.05) is 12.1 Å². The molecule has 3 rings (SSSR count). The fraction of sp³-hybridized carbons (Fsp3) is 0.400. The Morgan fingerprint density at radius 1 is 1.40 bits per heavy atom. The van der Waals surface area contributed by atoms with E-state index >= 15 is 0 Å². The van der Waals surface area contributed by atoms with Crippen LogP contribution in [0, 0.1) is 0 Å². The summed E-state index contributed by atoms with van der Waals surface area (Å²) in [4.78, 5) is 27.4. The number of aliphatic hydroxyl groups is 1. The highest BCUT2D eigenvalue weighted by atomic mass is 32.2. The van der Waals surface area contributed by atoms with Gasteiger partial charge in [-0.25, -0.2) is 0 Å². The molecule has 1 saturated heterocycles. The predicted molar refractivity (Wildman–Crippen MR) is 118 cm³/mol. The van der Waals surface area contributed by atoms with Crippen LogP contribution in [0.15, 0.2) is 40.9 Å². The van der Waals surface area contributed by atoms with Gasteiger partial charge >= 0.3 is 0 Å². The number of carbonyl (C=O) groups is 1. The fourth-order valence-corrected chi connectivity index (χ4v) is 3.98. The van der Waals surface area contributed by atoms with Crippen LogP contribution in [0.5, 0.6) is 0 Å². The number of allylic oxidation sites excluding steroid dienone is 1. The highest BCUT2D eigenvalue weighted by Gasteiger charge is 2.20. The van der Waals surface area contributed by atoms with E-state index in [1.54, 1.807) is 6.92 Å². The maximum Gasteiger partial charge on any atom is 0.243 e. The molecule has 10 heteroatoms. The maximum absolute atomic E-state index is 11.8. The SMILES string of the molecule is C=CCc1cc(Sc2nc(N)nc(NC(=O)C(C)N)n2)ccc1N1CCC(O)CC1. The Labute approximate surface area is 180 Å². The van der Waals surface area contributed by atoms with Gasteiger partial charge in [0.1, 0.15) is 0 Å². The third-order valence-electron chi connectivity index (χ3n) is 4.71. The van der Waals surface area contributed by atoms with Crippen LogP contribution in [-0.4, -0.2) is 51.2 Å². The number of hydrogen-bond donors (Lipinski definition) is 4. The van der Waals surface area contributed by atoms with Gasteiger partial charge in [0.15, 0.2) is 5.16 Å². The number of amides is 1. The maximum atomic E-state index is 11.8. The van der Waals surface area contributed by atoms with Crippen molar-refractivity contribution in [2.45, 2.75) is 48.4 Å². The van der Waals surface area contributed by atoms with Crippen LogP contribution in [0.25, 0.3) is 0 Å². The molecule has 2 heterocycles. The average Bonchev–Trinajstić information content (AvgIpc) is 2.69. The van der Waals surface area contributed by atoms with Crippen molar-refractivity contribution in [1.29, 1.82) is 0 Å². The molecule has 30 heavy (non-hydrogen) atoms. The molecule has 1 atom stereocenters. The van der Waals surface area contributed by atoms with Crippen molar-refractivity contribution < 1.29 is 9.90 Å². The molecule has 1 unspecified atom stereocenters. The Hall–Kier alpha value is -2.69. The average molecular weight is 430 g/mol. The topological polar surface area (TPSA) is 143 Å². The molecule has 2 aromatic rings. The molecule has 0 saturated carbocycles. The van der Waals surface area contributed by atoms with E-state index in [-0.39, 0.29) is 18.0 Å². The molecule has 0 bridgehead atoms. The van der Waals surface area contributed by atoms with Gasteiger partial charge in [0, 0.05) is 23.7 Å². The summed E-state index contributed by atoms with van der Waals surface area (Å²) in [5, 5.41) is 12.7. The number of nitrogens with one attached hydrogen (secondary N) is 1. The largest absolute Gasteiger partial charge is 0.393 e. The summed E-state index contributed by atoms with van der Waals surface area (Å²) in [6.45, 7) is 7.09. The number of hydrogen-bond acceptors (Lipinski definition) is 9. The van der Waals surface area contributed by atoms with E-state index in [0.29, 0.717) is 5.16 Å². The molecule has 0 aliphatic carbocycles. The summed E-state index contributed by atoms with van der Waals surface area (Å²) in [6, 6.07) is 5.46. The molecular formula is C20H27N7O2S. The lowest BCUT2D eigenvalue weighted by Crippen LogP contribution is -2.36. The summed E-state index contributed by atoms with van der Waals surface area (Å²) < 4.78 is 0. The molecular weight excluding hydrogens is 402 g/mol. The highest BCUT2D eigenvalue weighted by Crippen LogP contribution is 2.32. The minimum atomic E-state index is -0.691. The number of piperidine rings is 1. The second-order valence-corrected chi connectivity index (χ2v) is 8.22. The lowest BCUT2D eigenvalue weighted by Gasteiger charge is -2.33. The normalized spacial score (nSPS) is 15.6. The van der Waals surface area contributed by atoms with E-state index in [0.717, 1.165) is 48.5 Å². The molecule has 0 spiro atoms. The standard InChI is InChI=1S/C20H27N7O2S/c1-3-4-13-11-15(5-6-16(13)27-9-7-14(28)8-10-27)30-20-25-18(22)24-19(26-20)23-17(29)12(2)21/h3,5-6,11-12,14,28H,1,4,7-10,21H2,2H3,(H3,22,23,24,25,26,29). The van der Waals surface area contributed by atoms with E-state index < -0.39 is 11.9 Å². The summed E-state index contributed by atoms with van der Waals surface area (Å²) in [7, 11) is 0. The summed E-state index contributed by atoms with van der Waals surface area (Å²) >= 11 is 1.33. The number of carbonyl (C=O) groups excluding carboxylic acids is 1. The first-order chi connectivity index (χ1) is 14.4. The number of nitrogens with two attached hydrogens (primary N) is 2. The first-order valence-electron chi connectivity index (χ1n) is 9.78. The quantitative estimate of drug-likeness (QED) is 0.482. The predicted octanol–water partition coefficient (Wildman–Crippen LogP) is 1.58. The van der Waals surface area contributed by atoms with Crippen LogP contribution >= 0.6 is 11.8 Å². The highest BCUT2D eigenvalue weighted by molar-refractivity contribution is 7.99. The van der Waals surface area contributed by atoms with Gasteiger partial charge in [-0.1, -0.05) is 6.08 Å². The van der Waals surface area contributed by atoms with Crippen LogP contribution in [0.3, 0.4) is 0 Å². The summed E-state index contributed by atoms with van der Waals surface area (Å²) in [5.41, 5.74) is 13.6. The zero-order chi connectivity index (χ0) is 21.7.